The minimum atomic E-state index is -3.54. The zero-order valence-corrected chi connectivity index (χ0v) is 12.0. The topological polar surface area (TPSA) is 71.1 Å². The number of hydrogen-bond donors (Lipinski definition) is 2. The minimum absolute atomic E-state index is 0.0409. The maximum atomic E-state index is 12.4. The fourth-order valence-electron chi connectivity index (χ4n) is 2.47. The van der Waals surface area contributed by atoms with Crippen molar-refractivity contribution in [2.24, 2.45) is 0 Å². The van der Waals surface area contributed by atoms with Gasteiger partial charge in [0.25, 0.3) is 10.0 Å². The van der Waals surface area contributed by atoms with Gasteiger partial charge in [0.1, 0.15) is 0 Å². The third kappa shape index (κ3) is 3.67. The van der Waals surface area contributed by atoms with Crippen LogP contribution in [0.3, 0.4) is 0 Å². The van der Waals surface area contributed by atoms with Gasteiger partial charge in [0.15, 0.2) is 5.03 Å². The molecule has 0 unspecified atom stereocenters. The molecule has 5 nitrogen and oxygen atoms in total. The third-order valence-corrected chi connectivity index (χ3v) is 4.95. The molecule has 106 valence electrons. The van der Waals surface area contributed by atoms with Crippen LogP contribution in [0.5, 0.6) is 0 Å². The van der Waals surface area contributed by atoms with E-state index < -0.39 is 10.0 Å². The molecular formula is C13H21N3O2S. The molecule has 2 N–H and O–H groups in total. The van der Waals surface area contributed by atoms with E-state index in [1.165, 1.54) is 19.0 Å². The summed E-state index contributed by atoms with van der Waals surface area (Å²) in [6, 6.07) is 3.48. The zero-order valence-electron chi connectivity index (χ0n) is 11.2. The maximum absolute atomic E-state index is 12.4. The number of aromatic nitrogens is 1. The van der Waals surface area contributed by atoms with Crippen molar-refractivity contribution in [2.45, 2.75) is 49.6 Å². The summed E-state index contributed by atoms with van der Waals surface area (Å²) in [5, 5.41) is 2.95. The van der Waals surface area contributed by atoms with Crippen LogP contribution in [0.25, 0.3) is 0 Å². The van der Waals surface area contributed by atoms with E-state index in [0.29, 0.717) is 5.69 Å². The van der Waals surface area contributed by atoms with Crippen LogP contribution >= 0.6 is 0 Å². The first-order valence-corrected chi connectivity index (χ1v) is 8.27. The molecular weight excluding hydrogens is 262 g/mol. The van der Waals surface area contributed by atoms with Gasteiger partial charge in [0.2, 0.25) is 0 Å². The van der Waals surface area contributed by atoms with E-state index >= 15 is 0 Å². The highest BCUT2D eigenvalue weighted by Gasteiger charge is 2.24. The van der Waals surface area contributed by atoms with E-state index in [2.05, 4.69) is 15.0 Å². The van der Waals surface area contributed by atoms with Crippen molar-refractivity contribution in [1.82, 2.24) is 9.71 Å². The fourth-order valence-corrected chi connectivity index (χ4v) is 3.91. The average molecular weight is 283 g/mol. The average Bonchev–Trinajstić information content (AvgIpc) is 2.67. The summed E-state index contributed by atoms with van der Waals surface area (Å²) in [7, 11) is -1.85. The first-order chi connectivity index (χ1) is 9.13. The lowest BCUT2D eigenvalue weighted by Crippen LogP contribution is -2.35. The molecule has 1 heterocycles. The SMILES string of the molecule is CNc1cccnc1S(=O)(=O)NC1CCCCCC1. The Morgan fingerprint density at radius 2 is 1.89 bits per heavy atom. The lowest BCUT2D eigenvalue weighted by Gasteiger charge is -2.17. The summed E-state index contributed by atoms with van der Waals surface area (Å²) >= 11 is 0. The predicted octanol–water partition coefficient (Wildman–Crippen LogP) is 2.12. The van der Waals surface area contributed by atoms with Crippen LogP contribution in [0.4, 0.5) is 5.69 Å². The summed E-state index contributed by atoms with van der Waals surface area (Å²) < 4.78 is 27.6. The molecule has 1 aromatic heterocycles. The van der Waals surface area contributed by atoms with Crippen molar-refractivity contribution >= 4 is 15.7 Å². The normalized spacial score (nSPS) is 17.9. The van der Waals surface area contributed by atoms with Crippen LogP contribution < -0.4 is 10.0 Å². The van der Waals surface area contributed by atoms with Crippen molar-refractivity contribution in [3.63, 3.8) is 0 Å². The Morgan fingerprint density at radius 3 is 2.53 bits per heavy atom. The van der Waals surface area contributed by atoms with Crippen LogP contribution in [0.2, 0.25) is 0 Å². The van der Waals surface area contributed by atoms with Crippen molar-refractivity contribution in [1.29, 1.82) is 0 Å². The molecule has 1 aliphatic rings. The van der Waals surface area contributed by atoms with Gasteiger partial charge in [0.05, 0.1) is 5.69 Å². The molecule has 1 saturated carbocycles. The van der Waals surface area contributed by atoms with Gasteiger partial charge in [-0.1, -0.05) is 25.7 Å². The van der Waals surface area contributed by atoms with E-state index in [1.807, 2.05) is 0 Å². The molecule has 1 fully saturated rings. The van der Waals surface area contributed by atoms with Gasteiger partial charge < -0.3 is 5.32 Å². The molecule has 2 rings (SSSR count). The summed E-state index contributed by atoms with van der Waals surface area (Å²) in [6.45, 7) is 0. The molecule has 0 bridgehead atoms. The first-order valence-electron chi connectivity index (χ1n) is 6.78. The van der Waals surface area contributed by atoms with Gasteiger partial charge in [-0.2, -0.15) is 0 Å². The van der Waals surface area contributed by atoms with Crippen LogP contribution in [-0.4, -0.2) is 26.5 Å². The molecule has 0 amide bonds. The number of rotatable bonds is 4. The Kier molecular flexibility index (Phi) is 4.76. The summed E-state index contributed by atoms with van der Waals surface area (Å²) in [4.78, 5) is 4.00. The Labute approximate surface area is 114 Å². The minimum Gasteiger partial charge on any atom is -0.386 e. The van der Waals surface area contributed by atoms with Crippen molar-refractivity contribution in [3.8, 4) is 0 Å². The standard InChI is InChI=1S/C13H21N3O2S/c1-14-12-9-6-10-15-13(12)19(17,18)16-11-7-4-2-3-5-8-11/h6,9-11,14,16H,2-5,7-8H2,1H3. The van der Waals surface area contributed by atoms with Crippen molar-refractivity contribution in [3.05, 3.63) is 18.3 Å². The van der Waals surface area contributed by atoms with E-state index in [4.69, 9.17) is 0 Å². The monoisotopic (exact) mass is 283 g/mol. The van der Waals surface area contributed by atoms with Crippen LogP contribution in [0.1, 0.15) is 38.5 Å². The number of nitrogens with one attached hydrogen (secondary N) is 2. The highest BCUT2D eigenvalue weighted by atomic mass is 32.2. The Morgan fingerprint density at radius 1 is 1.21 bits per heavy atom. The molecule has 1 aromatic rings. The molecule has 19 heavy (non-hydrogen) atoms. The Bertz CT molecular complexity index is 508. The van der Waals surface area contributed by atoms with E-state index in [1.54, 1.807) is 19.2 Å². The second-order valence-electron chi connectivity index (χ2n) is 4.92. The predicted molar refractivity (Wildman–Crippen MR) is 75.6 cm³/mol. The Balaban J connectivity index is 2.17. The van der Waals surface area contributed by atoms with Gasteiger partial charge in [-0.25, -0.2) is 18.1 Å². The van der Waals surface area contributed by atoms with Crippen LogP contribution in [0, 0.1) is 0 Å². The number of nitrogens with zero attached hydrogens (tertiary/aromatic N) is 1. The lowest BCUT2D eigenvalue weighted by atomic mass is 10.1. The highest BCUT2D eigenvalue weighted by molar-refractivity contribution is 7.89. The molecule has 0 aliphatic heterocycles. The van der Waals surface area contributed by atoms with Gasteiger partial charge in [-0.3, -0.25) is 0 Å². The van der Waals surface area contributed by atoms with Gasteiger partial charge >= 0.3 is 0 Å². The molecule has 0 aromatic carbocycles. The zero-order chi connectivity index (χ0) is 13.7. The van der Waals surface area contributed by atoms with Gasteiger partial charge in [0, 0.05) is 19.3 Å². The molecule has 1 aliphatic carbocycles. The molecule has 0 radical (unpaired) electrons. The number of anilines is 1. The second kappa shape index (κ2) is 6.34. The summed E-state index contributed by atoms with van der Waals surface area (Å²) in [5.41, 5.74) is 0.531. The summed E-state index contributed by atoms with van der Waals surface area (Å²) in [6.07, 6.45) is 7.92. The largest absolute Gasteiger partial charge is 0.386 e. The Hall–Kier alpha value is -1.14. The molecule has 0 spiro atoms. The second-order valence-corrected chi connectivity index (χ2v) is 6.55. The summed E-state index contributed by atoms with van der Waals surface area (Å²) in [5.74, 6) is 0. The van der Waals surface area contributed by atoms with Gasteiger partial charge in [-0.15, -0.1) is 0 Å². The van der Waals surface area contributed by atoms with Crippen molar-refractivity contribution < 1.29 is 8.42 Å². The third-order valence-electron chi connectivity index (χ3n) is 3.47. The number of pyridine rings is 1. The van der Waals surface area contributed by atoms with E-state index in [9.17, 15) is 8.42 Å². The van der Waals surface area contributed by atoms with Gasteiger partial charge in [-0.05, 0) is 25.0 Å². The number of sulfonamides is 1. The quantitative estimate of drug-likeness (QED) is 0.830. The fraction of sp³-hybridized carbons (Fsp3) is 0.615. The van der Waals surface area contributed by atoms with Crippen LogP contribution in [0.15, 0.2) is 23.4 Å². The van der Waals surface area contributed by atoms with E-state index in [-0.39, 0.29) is 11.1 Å². The highest BCUT2D eigenvalue weighted by Crippen LogP contribution is 2.21. The smallest absolute Gasteiger partial charge is 0.260 e. The van der Waals surface area contributed by atoms with Crippen molar-refractivity contribution in [2.75, 3.05) is 12.4 Å². The molecule has 6 heteroatoms. The van der Waals surface area contributed by atoms with Crippen LogP contribution in [-0.2, 0) is 10.0 Å². The lowest BCUT2D eigenvalue weighted by molar-refractivity contribution is 0.508. The first kappa shape index (κ1) is 14.3. The molecule has 0 saturated heterocycles. The number of hydrogen-bond acceptors (Lipinski definition) is 4. The van der Waals surface area contributed by atoms with E-state index in [0.717, 1.165) is 25.7 Å². The molecule has 0 atom stereocenters. The maximum Gasteiger partial charge on any atom is 0.260 e.